The summed E-state index contributed by atoms with van der Waals surface area (Å²) in [6.45, 7) is 0.743. The van der Waals surface area contributed by atoms with Crippen LogP contribution in [-0.4, -0.2) is 24.0 Å². The monoisotopic (exact) mass is 376 g/mol. The first-order valence-corrected chi connectivity index (χ1v) is 8.33. The average Bonchev–Trinajstić information content (AvgIpc) is 2.62. The summed E-state index contributed by atoms with van der Waals surface area (Å²) in [4.78, 5) is 16.3. The Morgan fingerprint density at radius 1 is 1.08 bits per heavy atom. The highest BCUT2D eigenvalue weighted by atomic mass is 35.5. The van der Waals surface area contributed by atoms with Crippen molar-refractivity contribution in [2.75, 3.05) is 13.2 Å². The standard InChI is InChI=1S/C19H15ClF2N2O2/c20-18-16(10-12-2-3-14(22)11-17(12)24-18)19(25)23-8-1-9-26-15-6-4-13(21)5-7-15/h2-7,10-11H,1,8-9H2,(H,23,25). The first kappa shape index (κ1) is 18.1. The van der Waals surface area contributed by atoms with Crippen LogP contribution in [0.15, 0.2) is 48.5 Å². The molecule has 26 heavy (non-hydrogen) atoms. The van der Waals surface area contributed by atoms with Gasteiger partial charge in [0.1, 0.15) is 22.5 Å². The van der Waals surface area contributed by atoms with Crippen molar-refractivity contribution in [1.82, 2.24) is 10.3 Å². The van der Waals surface area contributed by atoms with Gasteiger partial charge >= 0.3 is 0 Å². The molecule has 1 aromatic heterocycles. The maximum absolute atomic E-state index is 13.2. The molecule has 0 saturated carbocycles. The number of amides is 1. The number of hydrogen-bond donors (Lipinski definition) is 1. The topological polar surface area (TPSA) is 51.2 Å². The number of hydrogen-bond acceptors (Lipinski definition) is 3. The van der Waals surface area contributed by atoms with Crippen molar-refractivity contribution in [2.24, 2.45) is 0 Å². The zero-order chi connectivity index (χ0) is 18.5. The van der Waals surface area contributed by atoms with Gasteiger partial charge in [-0.15, -0.1) is 0 Å². The van der Waals surface area contributed by atoms with Gasteiger partial charge in [-0.25, -0.2) is 13.8 Å². The second-order valence-corrected chi connectivity index (χ2v) is 5.93. The van der Waals surface area contributed by atoms with Crippen LogP contribution in [0.2, 0.25) is 5.15 Å². The Kier molecular flexibility index (Phi) is 5.63. The second-order valence-electron chi connectivity index (χ2n) is 5.58. The molecule has 0 saturated heterocycles. The van der Waals surface area contributed by atoms with Crippen molar-refractivity contribution in [3.63, 3.8) is 0 Å². The number of nitrogens with zero attached hydrogens (tertiary/aromatic N) is 1. The Bertz CT molecular complexity index is 933. The summed E-state index contributed by atoms with van der Waals surface area (Å²) in [6.07, 6.45) is 0.562. The molecule has 2 aromatic carbocycles. The summed E-state index contributed by atoms with van der Waals surface area (Å²) >= 11 is 6.03. The molecule has 7 heteroatoms. The van der Waals surface area contributed by atoms with Crippen molar-refractivity contribution in [3.8, 4) is 5.75 Å². The molecular weight excluding hydrogens is 362 g/mol. The average molecular weight is 377 g/mol. The van der Waals surface area contributed by atoms with E-state index in [1.807, 2.05) is 0 Å². The van der Waals surface area contributed by atoms with Gasteiger partial charge in [-0.05, 0) is 48.9 Å². The highest BCUT2D eigenvalue weighted by Crippen LogP contribution is 2.21. The molecule has 0 aliphatic heterocycles. The van der Waals surface area contributed by atoms with Crippen LogP contribution in [0.5, 0.6) is 5.75 Å². The molecule has 0 radical (unpaired) electrons. The highest BCUT2D eigenvalue weighted by molar-refractivity contribution is 6.33. The number of carbonyl (C=O) groups is 1. The Balaban J connectivity index is 1.53. The van der Waals surface area contributed by atoms with Gasteiger partial charge in [0.2, 0.25) is 0 Å². The Morgan fingerprint density at radius 2 is 1.81 bits per heavy atom. The molecule has 134 valence electrons. The first-order chi connectivity index (χ1) is 12.5. The molecule has 1 N–H and O–H groups in total. The van der Waals surface area contributed by atoms with Crippen molar-refractivity contribution in [3.05, 3.63) is 70.9 Å². The molecule has 0 aliphatic rings. The third-order valence-electron chi connectivity index (χ3n) is 3.67. The predicted octanol–water partition coefficient (Wildman–Crippen LogP) is 4.37. The summed E-state index contributed by atoms with van der Waals surface area (Å²) in [5, 5.41) is 3.38. The van der Waals surface area contributed by atoms with Crippen molar-refractivity contribution >= 4 is 28.4 Å². The maximum Gasteiger partial charge on any atom is 0.254 e. The van der Waals surface area contributed by atoms with E-state index in [2.05, 4.69) is 10.3 Å². The predicted molar refractivity (Wildman–Crippen MR) is 95.6 cm³/mol. The van der Waals surface area contributed by atoms with Gasteiger partial charge in [0.05, 0.1) is 17.7 Å². The van der Waals surface area contributed by atoms with Crippen molar-refractivity contribution in [1.29, 1.82) is 0 Å². The third kappa shape index (κ3) is 4.46. The molecule has 0 bridgehead atoms. The Labute approximate surface area is 153 Å². The number of rotatable bonds is 6. The fourth-order valence-electron chi connectivity index (χ4n) is 2.37. The largest absolute Gasteiger partial charge is 0.494 e. The van der Waals surface area contributed by atoms with Gasteiger partial charge in [0.15, 0.2) is 0 Å². The smallest absolute Gasteiger partial charge is 0.254 e. The van der Waals surface area contributed by atoms with E-state index in [1.54, 1.807) is 12.1 Å². The van der Waals surface area contributed by atoms with Crippen molar-refractivity contribution < 1.29 is 18.3 Å². The van der Waals surface area contributed by atoms with Gasteiger partial charge in [-0.2, -0.15) is 0 Å². The minimum absolute atomic E-state index is 0.0168. The van der Waals surface area contributed by atoms with Crippen LogP contribution < -0.4 is 10.1 Å². The molecule has 0 spiro atoms. The van der Waals surface area contributed by atoms with Crippen molar-refractivity contribution in [2.45, 2.75) is 6.42 Å². The number of carbonyl (C=O) groups excluding carboxylic acids is 1. The van der Waals surface area contributed by atoms with Crippen LogP contribution in [0.3, 0.4) is 0 Å². The van der Waals surface area contributed by atoms with Gasteiger partial charge in [0, 0.05) is 18.0 Å². The zero-order valence-electron chi connectivity index (χ0n) is 13.6. The molecule has 0 fully saturated rings. The lowest BCUT2D eigenvalue weighted by molar-refractivity contribution is 0.0951. The fraction of sp³-hybridized carbons (Fsp3) is 0.158. The zero-order valence-corrected chi connectivity index (χ0v) is 14.4. The normalized spacial score (nSPS) is 10.7. The van der Waals surface area contributed by atoms with Crippen LogP contribution in [0.25, 0.3) is 10.9 Å². The van der Waals surface area contributed by atoms with Crippen LogP contribution >= 0.6 is 11.6 Å². The first-order valence-electron chi connectivity index (χ1n) is 7.95. The van der Waals surface area contributed by atoms with Gasteiger partial charge < -0.3 is 10.1 Å². The maximum atomic E-state index is 13.2. The minimum Gasteiger partial charge on any atom is -0.494 e. The van der Waals surface area contributed by atoms with E-state index >= 15 is 0 Å². The van der Waals surface area contributed by atoms with E-state index in [9.17, 15) is 13.6 Å². The summed E-state index contributed by atoms with van der Waals surface area (Å²) < 4.78 is 31.5. The summed E-state index contributed by atoms with van der Waals surface area (Å²) in [7, 11) is 0. The van der Waals surface area contributed by atoms with E-state index < -0.39 is 5.82 Å². The van der Waals surface area contributed by atoms with E-state index in [-0.39, 0.29) is 22.4 Å². The number of pyridine rings is 1. The molecule has 4 nitrogen and oxygen atoms in total. The molecule has 0 unspecified atom stereocenters. The lowest BCUT2D eigenvalue weighted by Crippen LogP contribution is -2.26. The lowest BCUT2D eigenvalue weighted by Gasteiger charge is -2.09. The Morgan fingerprint density at radius 3 is 2.58 bits per heavy atom. The van der Waals surface area contributed by atoms with Crippen LogP contribution in [0, 0.1) is 11.6 Å². The second kappa shape index (κ2) is 8.10. The lowest BCUT2D eigenvalue weighted by atomic mass is 10.1. The van der Waals surface area contributed by atoms with Gasteiger partial charge in [0.25, 0.3) is 5.91 Å². The van der Waals surface area contributed by atoms with E-state index in [4.69, 9.17) is 16.3 Å². The number of aromatic nitrogens is 1. The SMILES string of the molecule is O=C(NCCCOc1ccc(F)cc1)c1cc2ccc(F)cc2nc1Cl. The van der Waals surface area contributed by atoms with E-state index in [0.29, 0.717) is 36.2 Å². The third-order valence-corrected chi connectivity index (χ3v) is 3.95. The summed E-state index contributed by atoms with van der Waals surface area (Å²) in [5.41, 5.74) is 0.615. The van der Waals surface area contributed by atoms with Crippen LogP contribution in [0.4, 0.5) is 8.78 Å². The van der Waals surface area contributed by atoms with Gasteiger partial charge in [-0.3, -0.25) is 4.79 Å². The highest BCUT2D eigenvalue weighted by Gasteiger charge is 2.13. The van der Waals surface area contributed by atoms with E-state index in [0.717, 1.165) is 0 Å². The number of ether oxygens (including phenoxy) is 1. The summed E-state index contributed by atoms with van der Waals surface area (Å²) in [5.74, 6) is -0.546. The number of benzene rings is 2. The molecule has 0 aliphatic carbocycles. The number of halogens is 3. The van der Waals surface area contributed by atoms with Crippen LogP contribution in [0.1, 0.15) is 16.8 Å². The minimum atomic E-state index is -0.417. The quantitative estimate of drug-likeness (QED) is 0.513. The van der Waals surface area contributed by atoms with E-state index in [1.165, 1.54) is 36.4 Å². The number of fused-ring (bicyclic) bond motifs is 1. The fourth-order valence-corrected chi connectivity index (χ4v) is 2.60. The van der Waals surface area contributed by atoms with Gasteiger partial charge in [-0.1, -0.05) is 11.6 Å². The van der Waals surface area contributed by atoms with Crippen LogP contribution in [-0.2, 0) is 0 Å². The molecular formula is C19H15ClF2N2O2. The molecule has 0 atom stereocenters. The Hall–Kier alpha value is -2.73. The molecule has 1 heterocycles. The molecule has 3 rings (SSSR count). The molecule has 3 aromatic rings. The molecule has 1 amide bonds. The number of nitrogens with one attached hydrogen (secondary N) is 1. The summed E-state index contributed by atoms with van der Waals surface area (Å²) in [6, 6.07) is 11.4.